The van der Waals surface area contributed by atoms with Crippen LogP contribution in [0, 0.1) is 3.57 Å². The van der Waals surface area contributed by atoms with E-state index >= 15 is 0 Å². The number of fused-ring (bicyclic) bond motifs is 1. The van der Waals surface area contributed by atoms with E-state index in [1.165, 1.54) is 4.68 Å². The average Bonchev–Trinajstić information content (AvgIpc) is 2.72. The van der Waals surface area contributed by atoms with Gasteiger partial charge in [0.15, 0.2) is 5.82 Å². The van der Waals surface area contributed by atoms with Gasteiger partial charge in [0.2, 0.25) is 0 Å². The maximum Gasteiger partial charge on any atom is 0.338 e. The van der Waals surface area contributed by atoms with Crippen molar-refractivity contribution in [3.05, 3.63) is 92.8 Å². The van der Waals surface area contributed by atoms with Crippen LogP contribution in [0.15, 0.2) is 83.7 Å². The van der Waals surface area contributed by atoms with Crippen LogP contribution in [0.5, 0.6) is 0 Å². The predicted octanol–water partition coefficient (Wildman–Crippen LogP) is 4.44. The van der Waals surface area contributed by atoms with Crippen molar-refractivity contribution in [2.45, 2.75) is 0 Å². The molecule has 1 heterocycles. The van der Waals surface area contributed by atoms with E-state index in [0.29, 0.717) is 22.4 Å². The third-order valence-electron chi connectivity index (χ3n) is 4.11. The highest BCUT2D eigenvalue weighted by molar-refractivity contribution is 14.1. The second-order valence-corrected chi connectivity index (χ2v) is 7.28. The van der Waals surface area contributed by atoms with E-state index < -0.39 is 6.03 Å². The fourth-order valence-corrected chi connectivity index (χ4v) is 3.32. The van der Waals surface area contributed by atoms with Crippen molar-refractivity contribution in [1.29, 1.82) is 0 Å². The van der Waals surface area contributed by atoms with Gasteiger partial charge < -0.3 is 5.32 Å². The van der Waals surface area contributed by atoms with E-state index in [-0.39, 0.29) is 5.56 Å². The minimum atomic E-state index is -0.530. The van der Waals surface area contributed by atoms with Crippen LogP contribution in [-0.4, -0.2) is 15.7 Å². The summed E-state index contributed by atoms with van der Waals surface area (Å²) in [5.41, 5.74) is 4.20. The van der Waals surface area contributed by atoms with Gasteiger partial charge in [-0.05, 0) is 52.9 Å². The number of anilines is 1. The Bertz CT molecular complexity index is 1210. The van der Waals surface area contributed by atoms with Gasteiger partial charge in [-0.2, -0.15) is 4.68 Å². The van der Waals surface area contributed by atoms with E-state index in [2.05, 4.69) is 38.3 Å². The number of nitrogens with zero attached hydrogens (tertiary/aromatic N) is 2. The number of rotatable bonds is 3. The smallest absolute Gasteiger partial charge is 0.307 e. The molecule has 0 aliphatic heterocycles. The Hall–Kier alpha value is -3.20. The maximum absolute atomic E-state index is 13.1. The minimum absolute atomic E-state index is 0.342. The molecule has 0 aliphatic rings. The van der Waals surface area contributed by atoms with E-state index in [1.807, 2.05) is 54.6 Å². The van der Waals surface area contributed by atoms with Gasteiger partial charge in [-0.3, -0.25) is 4.79 Å². The van der Waals surface area contributed by atoms with Crippen molar-refractivity contribution in [3.63, 3.8) is 0 Å². The molecule has 7 heteroatoms. The van der Waals surface area contributed by atoms with Gasteiger partial charge in [-0.25, -0.2) is 15.2 Å². The summed E-state index contributed by atoms with van der Waals surface area (Å²) in [5, 5.41) is 3.15. The molecule has 4 aromatic rings. The molecule has 28 heavy (non-hydrogen) atoms. The summed E-state index contributed by atoms with van der Waals surface area (Å²) in [7, 11) is 0. The van der Waals surface area contributed by atoms with Gasteiger partial charge >= 0.3 is 6.03 Å². The summed E-state index contributed by atoms with van der Waals surface area (Å²) in [6.45, 7) is 0. The number of hydrogen-bond acceptors (Lipinski definition) is 3. The van der Waals surface area contributed by atoms with Crippen LogP contribution in [0.1, 0.15) is 0 Å². The lowest BCUT2D eigenvalue weighted by Gasteiger charge is -2.15. The van der Waals surface area contributed by atoms with Crippen LogP contribution >= 0.6 is 22.6 Å². The van der Waals surface area contributed by atoms with Gasteiger partial charge in [0.25, 0.3) is 5.56 Å². The number of nitrogens with one attached hydrogen (secondary N) is 2. The van der Waals surface area contributed by atoms with Crippen LogP contribution in [0.25, 0.3) is 22.3 Å². The van der Waals surface area contributed by atoms with Crippen LogP contribution in [0.4, 0.5) is 10.5 Å². The van der Waals surface area contributed by atoms with Crippen LogP contribution in [0.3, 0.4) is 0 Å². The Labute approximate surface area is 174 Å². The lowest BCUT2D eigenvalue weighted by atomic mass is 10.2. The Morgan fingerprint density at radius 2 is 1.61 bits per heavy atom. The summed E-state index contributed by atoms with van der Waals surface area (Å²) >= 11 is 2.14. The van der Waals surface area contributed by atoms with Gasteiger partial charge in [-0.15, -0.1) is 0 Å². The number of hydrogen-bond donors (Lipinski definition) is 2. The second kappa shape index (κ2) is 7.81. The highest BCUT2D eigenvalue weighted by atomic mass is 127. The molecule has 0 radical (unpaired) electrons. The third kappa shape index (κ3) is 3.74. The maximum atomic E-state index is 13.1. The summed E-state index contributed by atoms with van der Waals surface area (Å²) in [6, 6.07) is 23.2. The number of urea groups is 1. The lowest BCUT2D eigenvalue weighted by molar-refractivity contribution is 0.259. The topological polar surface area (TPSA) is 76.0 Å². The monoisotopic (exact) mass is 482 g/mol. The standard InChI is InChI=1S/C21H15IN4O2/c22-15-11-12-18-17(13-15)20(27)26(19(24-18)14-7-3-1-4-8-14)25-21(28)23-16-9-5-2-6-10-16/h1-13H,(H2,23,25,28). The minimum Gasteiger partial charge on any atom is -0.307 e. The molecule has 0 saturated heterocycles. The molecule has 0 spiro atoms. The largest absolute Gasteiger partial charge is 0.338 e. The Morgan fingerprint density at radius 3 is 2.32 bits per heavy atom. The molecule has 0 bridgehead atoms. The number of halogens is 1. The first kappa shape index (κ1) is 18.2. The fraction of sp³-hybridized carbons (Fsp3) is 0. The van der Waals surface area contributed by atoms with Crippen molar-refractivity contribution >= 4 is 45.2 Å². The van der Waals surface area contributed by atoms with Crippen LogP contribution in [-0.2, 0) is 0 Å². The van der Waals surface area contributed by atoms with Crippen LogP contribution < -0.4 is 16.3 Å². The van der Waals surface area contributed by atoms with Gasteiger partial charge in [-0.1, -0.05) is 48.5 Å². The Kier molecular flexibility index (Phi) is 5.07. The number of aromatic nitrogens is 2. The summed E-state index contributed by atoms with van der Waals surface area (Å²) in [6.07, 6.45) is 0. The van der Waals surface area contributed by atoms with E-state index in [1.54, 1.807) is 24.3 Å². The quantitative estimate of drug-likeness (QED) is 0.424. The second-order valence-electron chi connectivity index (χ2n) is 6.04. The van der Waals surface area contributed by atoms with E-state index in [0.717, 1.165) is 9.13 Å². The molecule has 4 rings (SSSR count). The van der Waals surface area contributed by atoms with E-state index in [9.17, 15) is 9.59 Å². The highest BCUT2D eigenvalue weighted by Crippen LogP contribution is 2.19. The molecule has 0 aliphatic carbocycles. The molecule has 138 valence electrons. The summed E-state index contributed by atoms with van der Waals surface area (Å²) in [5.74, 6) is 0.363. The zero-order chi connectivity index (χ0) is 19.5. The molecule has 2 N–H and O–H groups in total. The van der Waals surface area contributed by atoms with Gasteiger partial charge in [0, 0.05) is 14.8 Å². The van der Waals surface area contributed by atoms with Crippen molar-refractivity contribution < 1.29 is 4.79 Å². The number of carbonyl (C=O) groups excluding carboxylic acids is 1. The van der Waals surface area contributed by atoms with Crippen molar-refractivity contribution in [3.8, 4) is 11.4 Å². The first-order chi connectivity index (χ1) is 13.6. The van der Waals surface area contributed by atoms with Crippen molar-refractivity contribution in [1.82, 2.24) is 9.66 Å². The van der Waals surface area contributed by atoms with Crippen LogP contribution in [0.2, 0.25) is 0 Å². The molecule has 1 aromatic heterocycles. The predicted molar refractivity (Wildman–Crippen MR) is 119 cm³/mol. The van der Waals surface area contributed by atoms with Crippen molar-refractivity contribution in [2.24, 2.45) is 0 Å². The highest BCUT2D eigenvalue weighted by Gasteiger charge is 2.15. The lowest BCUT2D eigenvalue weighted by Crippen LogP contribution is -2.37. The third-order valence-corrected chi connectivity index (χ3v) is 4.78. The first-order valence-electron chi connectivity index (χ1n) is 8.52. The molecule has 2 amide bonds. The molecule has 0 unspecified atom stereocenters. The molecular weight excluding hydrogens is 467 g/mol. The number of para-hydroxylation sites is 1. The number of amides is 2. The molecule has 0 fully saturated rings. The number of benzene rings is 3. The summed E-state index contributed by atoms with van der Waals surface area (Å²) < 4.78 is 2.10. The molecule has 0 atom stereocenters. The molecule has 6 nitrogen and oxygen atoms in total. The average molecular weight is 482 g/mol. The zero-order valence-electron chi connectivity index (χ0n) is 14.6. The fourth-order valence-electron chi connectivity index (χ4n) is 2.82. The van der Waals surface area contributed by atoms with Crippen molar-refractivity contribution in [2.75, 3.05) is 10.7 Å². The number of carbonyl (C=O) groups is 1. The Balaban J connectivity index is 1.81. The zero-order valence-corrected chi connectivity index (χ0v) is 16.8. The van der Waals surface area contributed by atoms with Gasteiger partial charge in [0.1, 0.15) is 0 Å². The normalized spacial score (nSPS) is 10.6. The molecule has 3 aromatic carbocycles. The van der Waals surface area contributed by atoms with E-state index in [4.69, 9.17) is 0 Å². The molecule has 0 saturated carbocycles. The van der Waals surface area contributed by atoms with Gasteiger partial charge in [0.05, 0.1) is 10.9 Å². The SMILES string of the molecule is O=C(Nc1ccccc1)Nn1c(-c2ccccc2)nc2ccc(I)cc2c1=O. The molecular formula is C21H15IN4O2. The summed E-state index contributed by atoms with van der Waals surface area (Å²) in [4.78, 5) is 30.3. The Morgan fingerprint density at radius 1 is 0.929 bits per heavy atom. The first-order valence-corrected chi connectivity index (χ1v) is 9.60.